The van der Waals surface area contributed by atoms with Crippen LogP contribution in [0.15, 0.2) is 43.2 Å². The van der Waals surface area contributed by atoms with Gasteiger partial charge < -0.3 is 0 Å². The summed E-state index contributed by atoms with van der Waals surface area (Å²) in [6, 6.07) is 3.78. The molecule has 5 heteroatoms. The molecule has 0 N–H and O–H groups in total. The average molecular weight is 265 g/mol. The Morgan fingerprint density at radius 1 is 1.25 bits per heavy atom. The molecule has 0 aliphatic carbocycles. The predicted molar refractivity (Wildman–Crippen MR) is 74.2 cm³/mol. The Morgan fingerprint density at radius 3 is 3.15 bits per heavy atom. The van der Waals surface area contributed by atoms with Crippen LogP contribution >= 0.6 is 0 Å². The molecule has 1 aliphatic heterocycles. The van der Waals surface area contributed by atoms with Gasteiger partial charge in [-0.05, 0) is 12.1 Å². The van der Waals surface area contributed by atoms with Crippen molar-refractivity contribution in [3.63, 3.8) is 0 Å². The van der Waals surface area contributed by atoms with E-state index in [1.165, 1.54) is 4.57 Å². The summed E-state index contributed by atoms with van der Waals surface area (Å²) in [7, 11) is 0. The number of pyridine rings is 1. The van der Waals surface area contributed by atoms with Crippen molar-refractivity contribution >= 4 is 16.6 Å². The lowest BCUT2D eigenvalue weighted by Gasteiger charge is -1.95. The van der Waals surface area contributed by atoms with Gasteiger partial charge in [-0.3, -0.25) is 9.38 Å². The number of aryl methyl sites for hydroxylation is 1. The van der Waals surface area contributed by atoms with Crippen molar-refractivity contribution in [3.05, 3.63) is 48.8 Å². The van der Waals surface area contributed by atoms with Gasteiger partial charge in [-0.1, -0.05) is 0 Å². The van der Waals surface area contributed by atoms with Crippen LogP contribution in [0.25, 0.3) is 27.9 Å². The smallest absolute Gasteiger partial charge is 0.292 e. The van der Waals surface area contributed by atoms with Gasteiger partial charge in [0.1, 0.15) is 6.54 Å². The third kappa shape index (κ3) is 1.02. The number of rotatable bonds is 0. The summed E-state index contributed by atoms with van der Waals surface area (Å²) in [5, 5.41) is 0. The molecule has 4 aromatic heterocycles. The van der Waals surface area contributed by atoms with E-state index in [9.17, 15) is 0 Å². The normalized spacial score (nSPS) is 15.9. The van der Waals surface area contributed by atoms with Gasteiger partial charge in [-0.2, -0.15) is 0 Å². The van der Waals surface area contributed by atoms with Crippen molar-refractivity contribution in [2.75, 3.05) is 0 Å². The zero-order chi connectivity index (χ0) is 15.8. The highest BCUT2D eigenvalue weighted by Crippen LogP contribution is 2.33. The molecule has 1 aliphatic rings. The van der Waals surface area contributed by atoms with E-state index in [-0.39, 0.29) is 0 Å². The fraction of sp³-hybridized carbons (Fsp3) is 0.133. The lowest BCUT2D eigenvalue weighted by molar-refractivity contribution is -0.633. The van der Waals surface area contributed by atoms with Crippen molar-refractivity contribution in [1.82, 2.24) is 18.9 Å². The first-order valence-corrected chi connectivity index (χ1v) is 6.38. The Labute approximate surface area is 119 Å². The van der Waals surface area contributed by atoms with E-state index < -0.39 is 6.98 Å². The molecule has 20 heavy (non-hydrogen) atoms. The van der Waals surface area contributed by atoms with Crippen molar-refractivity contribution in [3.8, 4) is 11.4 Å². The highest BCUT2D eigenvalue weighted by molar-refractivity contribution is 5.91. The Balaban J connectivity index is 2.01. The van der Waals surface area contributed by atoms with E-state index in [0.29, 0.717) is 17.9 Å². The third-order valence-electron chi connectivity index (χ3n) is 4.00. The first kappa shape index (κ1) is 7.79. The summed E-state index contributed by atoms with van der Waals surface area (Å²) < 4.78 is 29.5. The van der Waals surface area contributed by atoms with Crippen LogP contribution < -0.4 is 4.57 Å². The molecule has 0 fully saturated rings. The molecule has 0 aromatic carbocycles. The van der Waals surface area contributed by atoms with E-state index >= 15 is 0 Å². The third-order valence-corrected chi connectivity index (χ3v) is 4.00. The summed E-state index contributed by atoms with van der Waals surface area (Å²) in [4.78, 5) is 8.28. The van der Waals surface area contributed by atoms with E-state index in [1.807, 2.05) is 27.3 Å². The minimum atomic E-state index is -2.28. The fourth-order valence-corrected chi connectivity index (χ4v) is 3.13. The van der Waals surface area contributed by atoms with Crippen LogP contribution in [-0.4, -0.2) is 18.9 Å². The molecule has 0 saturated carbocycles. The summed E-state index contributed by atoms with van der Waals surface area (Å²) in [5.74, 6) is 0.692. The van der Waals surface area contributed by atoms with Crippen LogP contribution in [0.1, 0.15) is 9.68 Å². The van der Waals surface area contributed by atoms with Crippen molar-refractivity contribution < 1.29 is 8.68 Å². The topological polar surface area (TPSA) is 39.0 Å². The maximum Gasteiger partial charge on any atom is 0.292 e. The first-order chi connectivity index (χ1) is 11.1. The van der Waals surface area contributed by atoms with Crippen molar-refractivity contribution in [2.45, 2.75) is 6.54 Å². The molecule has 5 rings (SSSR count). The first-order valence-electron chi connectivity index (χ1n) is 7.88. The highest BCUT2D eigenvalue weighted by Gasteiger charge is 2.34. The molecule has 0 saturated heterocycles. The minimum absolute atomic E-state index is 0.650. The lowest BCUT2D eigenvalue weighted by atomic mass is 10.2. The van der Waals surface area contributed by atoms with E-state index in [0.717, 1.165) is 22.2 Å². The van der Waals surface area contributed by atoms with Crippen LogP contribution in [0.5, 0.6) is 0 Å². The van der Waals surface area contributed by atoms with Gasteiger partial charge in [0.25, 0.3) is 5.82 Å². The van der Waals surface area contributed by atoms with Crippen LogP contribution in [0.4, 0.5) is 0 Å². The fourth-order valence-electron chi connectivity index (χ4n) is 3.13. The maximum atomic E-state index is 8.03. The number of nitrogens with zero attached hydrogens (tertiary/aromatic N) is 5. The SMILES string of the molecule is [2H]C([2H])([2H])[n+]1c2n(c3cn4cnccc4c31)Cc1ccncc1-2. The van der Waals surface area contributed by atoms with Crippen molar-refractivity contribution in [2.24, 2.45) is 6.98 Å². The molecule has 96 valence electrons. The van der Waals surface area contributed by atoms with Gasteiger partial charge in [0.05, 0.1) is 34.7 Å². The van der Waals surface area contributed by atoms with Crippen LogP contribution in [0.3, 0.4) is 0 Å². The summed E-state index contributed by atoms with van der Waals surface area (Å²) in [5.41, 5.74) is 4.39. The van der Waals surface area contributed by atoms with E-state index in [2.05, 4.69) is 9.97 Å². The van der Waals surface area contributed by atoms with Gasteiger partial charge in [0, 0.05) is 24.2 Å². The molecule has 0 bridgehead atoms. The quantitative estimate of drug-likeness (QED) is 0.398. The largest absolute Gasteiger partial charge is 0.299 e. The Morgan fingerprint density at radius 2 is 2.20 bits per heavy atom. The second kappa shape index (κ2) is 3.25. The second-order valence-corrected chi connectivity index (χ2v) is 5.01. The van der Waals surface area contributed by atoms with E-state index in [1.54, 1.807) is 24.9 Å². The number of fused-ring (bicyclic) bond motifs is 7. The summed E-state index contributed by atoms with van der Waals surface area (Å²) in [6.07, 6.45) is 8.78. The Kier molecular flexibility index (Phi) is 1.27. The number of aromatic nitrogens is 5. The van der Waals surface area contributed by atoms with Crippen LogP contribution in [0, 0.1) is 0 Å². The molecule has 0 radical (unpaired) electrons. The number of hydrogen-bond donors (Lipinski definition) is 0. The van der Waals surface area contributed by atoms with Gasteiger partial charge in [0.2, 0.25) is 0 Å². The van der Waals surface area contributed by atoms with Crippen LogP contribution in [-0.2, 0) is 13.5 Å². The zero-order valence-corrected chi connectivity index (χ0v) is 10.5. The van der Waals surface area contributed by atoms with Gasteiger partial charge in [0.15, 0.2) is 11.0 Å². The molecule has 0 unspecified atom stereocenters. The maximum absolute atomic E-state index is 8.03. The highest BCUT2D eigenvalue weighted by atomic mass is 15.2. The number of imidazole rings is 1. The van der Waals surface area contributed by atoms with E-state index in [4.69, 9.17) is 4.11 Å². The Hall–Kier alpha value is -2.69. The lowest BCUT2D eigenvalue weighted by Crippen LogP contribution is -2.29. The molecule has 5 heterocycles. The second-order valence-electron chi connectivity index (χ2n) is 5.01. The molecule has 0 atom stereocenters. The average Bonchev–Trinajstić information content (AvgIpc) is 3.13. The van der Waals surface area contributed by atoms with Gasteiger partial charge >= 0.3 is 0 Å². The molecular formula is C15H12N5+. The monoisotopic (exact) mass is 265 g/mol. The number of hydrogen-bond acceptors (Lipinski definition) is 2. The summed E-state index contributed by atoms with van der Waals surface area (Å²) in [6.45, 7) is -1.63. The standard InChI is InChI=1S/C15H12N5/c1-18-14-12-3-5-17-9-19(12)8-13(14)20-7-10-2-4-16-6-11(10)15(18)20/h2-6,8-9H,7H2,1H3/q+1/i1D3. The van der Waals surface area contributed by atoms with Gasteiger partial charge in [-0.25, -0.2) is 14.1 Å². The molecular weight excluding hydrogens is 250 g/mol. The molecule has 0 amide bonds. The predicted octanol–water partition coefficient (Wildman–Crippen LogP) is 1.54. The summed E-state index contributed by atoms with van der Waals surface area (Å²) >= 11 is 0. The zero-order valence-electron chi connectivity index (χ0n) is 13.5. The molecule has 4 aromatic rings. The van der Waals surface area contributed by atoms with Crippen LogP contribution in [0.2, 0.25) is 0 Å². The molecule has 0 spiro atoms. The minimum Gasteiger partial charge on any atom is -0.299 e. The molecule has 5 nitrogen and oxygen atoms in total. The van der Waals surface area contributed by atoms with Crippen molar-refractivity contribution in [1.29, 1.82) is 0 Å². The van der Waals surface area contributed by atoms with Gasteiger partial charge in [-0.15, -0.1) is 0 Å². The Bertz CT molecular complexity index is 1090.